The Bertz CT molecular complexity index is 218. The Morgan fingerprint density at radius 1 is 1.24 bits per heavy atom. The number of hydrogen-bond donors (Lipinski definition) is 2. The number of amides is 1. The van der Waals surface area contributed by atoms with Crippen molar-refractivity contribution in [1.82, 2.24) is 5.32 Å². The standard InChI is InChI=1S/C12H26N2O3/c1-8(2)6-10(7-13)11(15)14-9(3)12(16-4)17-5/h8-10,12H,6-7,13H2,1-5H3,(H,14,15). The topological polar surface area (TPSA) is 73.6 Å². The quantitative estimate of drug-likeness (QED) is 0.619. The fraction of sp³-hybridized carbons (Fsp3) is 0.917. The minimum Gasteiger partial charge on any atom is -0.354 e. The lowest BCUT2D eigenvalue weighted by molar-refractivity contribution is -0.138. The van der Waals surface area contributed by atoms with E-state index in [1.165, 1.54) is 0 Å². The van der Waals surface area contributed by atoms with Crippen molar-refractivity contribution in [3.63, 3.8) is 0 Å². The van der Waals surface area contributed by atoms with E-state index in [1.54, 1.807) is 14.2 Å². The predicted octanol–water partition coefficient (Wildman–Crippen LogP) is 0.731. The Morgan fingerprint density at radius 2 is 1.76 bits per heavy atom. The van der Waals surface area contributed by atoms with Crippen molar-refractivity contribution >= 4 is 5.91 Å². The first-order valence-electron chi connectivity index (χ1n) is 6.02. The summed E-state index contributed by atoms with van der Waals surface area (Å²) in [5, 5.41) is 2.87. The van der Waals surface area contributed by atoms with Gasteiger partial charge in [-0.3, -0.25) is 4.79 Å². The van der Waals surface area contributed by atoms with E-state index in [0.717, 1.165) is 6.42 Å². The van der Waals surface area contributed by atoms with E-state index >= 15 is 0 Å². The number of carbonyl (C=O) groups is 1. The monoisotopic (exact) mass is 246 g/mol. The van der Waals surface area contributed by atoms with Gasteiger partial charge in [0.15, 0.2) is 6.29 Å². The molecule has 3 N–H and O–H groups in total. The normalized spacial score (nSPS) is 15.1. The number of carbonyl (C=O) groups excluding carboxylic acids is 1. The van der Waals surface area contributed by atoms with Crippen molar-refractivity contribution < 1.29 is 14.3 Å². The number of nitrogens with two attached hydrogens (primary N) is 1. The first-order valence-corrected chi connectivity index (χ1v) is 6.02. The summed E-state index contributed by atoms with van der Waals surface area (Å²) < 4.78 is 10.2. The molecule has 0 fully saturated rings. The van der Waals surface area contributed by atoms with Gasteiger partial charge in [0.2, 0.25) is 5.91 Å². The van der Waals surface area contributed by atoms with Crippen LogP contribution in [0.15, 0.2) is 0 Å². The number of nitrogens with one attached hydrogen (secondary N) is 1. The van der Waals surface area contributed by atoms with Crippen LogP contribution < -0.4 is 11.1 Å². The summed E-state index contributed by atoms with van der Waals surface area (Å²) in [5.74, 6) is 0.268. The highest BCUT2D eigenvalue weighted by atomic mass is 16.7. The molecular formula is C12H26N2O3. The second kappa shape index (κ2) is 8.44. The van der Waals surface area contributed by atoms with E-state index < -0.39 is 6.29 Å². The largest absolute Gasteiger partial charge is 0.354 e. The van der Waals surface area contributed by atoms with E-state index in [9.17, 15) is 4.79 Å². The molecular weight excluding hydrogens is 220 g/mol. The minimum atomic E-state index is -0.434. The predicted molar refractivity (Wildman–Crippen MR) is 67.4 cm³/mol. The zero-order valence-electron chi connectivity index (χ0n) is 11.5. The molecule has 102 valence electrons. The van der Waals surface area contributed by atoms with Gasteiger partial charge in [0.1, 0.15) is 0 Å². The van der Waals surface area contributed by atoms with Crippen LogP contribution in [0.4, 0.5) is 0 Å². The maximum atomic E-state index is 12.0. The molecule has 1 amide bonds. The number of ether oxygens (including phenoxy) is 2. The molecule has 17 heavy (non-hydrogen) atoms. The maximum absolute atomic E-state index is 12.0. The van der Waals surface area contributed by atoms with Crippen molar-refractivity contribution in [2.45, 2.75) is 39.5 Å². The molecule has 0 aromatic carbocycles. The van der Waals surface area contributed by atoms with Crippen LogP contribution in [0.2, 0.25) is 0 Å². The van der Waals surface area contributed by atoms with Gasteiger partial charge in [-0.2, -0.15) is 0 Å². The highest BCUT2D eigenvalue weighted by Crippen LogP contribution is 2.11. The summed E-state index contributed by atoms with van der Waals surface area (Å²) >= 11 is 0. The Hall–Kier alpha value is -0.650. The summed E-state index contributed by atoms with van der Waals surface area (Å²) in [5.41, 5.74) is 5.62. The maximum Gasteiger partial charge on any atom is 0.224 e. The lowest BCUT2D eigenvalue weighted by Gasteiger charge is -2.25. The molecule has 0 aliphatic rings. The second-order valence-corrected chi connectivity index (χ2v) is 4.70. The molecule has 0 saturated heterocycles. The zero-order chi connectivity index (χ0) is 13.4. The van der Waals surface area contributed by atoms with Crippen molar-refractivity contribution in [2.24, 2.45) is 17.6 Å². The molecule has 2 unspecified atom stereocenters. The lowest BCUT2D eigenvalue weighted by Crippen LogP contribution is -2.46. The highest BCUT2D eigenvalue weighted by molar-refractivity contribution is 5.79. The molecule has 0 aliphatic carbocycles. The van der Waals surface area contributed by atoms with Gasteiger partial charge in [-0.1, -0.05) is 13.8 Å². The lowest BCUT2D eigenvalue weighted by atomic mass is 9.96. The Kier molecular flexibility index (Phi) is 8.12. The second-order valence-electron chi connectivity index (χ2n) is 4.70. The van der Waals surface area contributed by atoms with Crippen LogP contribution >= 0.6 is 0 Å². The number of hydrogen-bond acceptors (Lipinski definition) is 4. The molecule has 0 heterocycles. The third kappa shape index (κ3) is 6.00. The fourth-order valence-electron chi connectivity index (χ4n) is 1.79. The Morgan fingerprint density at radius 3 is 2.12 bits per heavy atom. The fourth-order valence-corrected chi connectivity index (χ4v) is 1.79. The third-order valence-electron chi connectivity index (χ3n) is 2.65. The van der Waals surface area contributed by atoms with Crippen LogP contribution in [-0.2, 0) is 14.3 Å². The summed E-state index contributed by atoms with van der Waals surface area (Å²) in [6.07, 6.45) is 0.357. The Labute approximate surface area is 104 Å². The summed E-state index contributed by atoms with van der Waals surface area (Å²) in [7, 11) is 3.09. The van der Waals surface area contributed by atoms with Crippen LogP contribution in [0.5, 0.6) is 0 Å². The average Bonchev–Trinajstić information content (AvgIpc) is 2.26. The molecule has 0 spiro atoms. The van der Waals surface area contributed by atoms with Crippen molar-refractivity contribution in [2.75, 3.05) is 20.8 Å². The number of rotatable bonds is 8. The highest BCUT2D eigenvalue weighted by Gasteiger charge is 2.23. The van der Waals surface area contributed by atoms with Gasteiger partial charge in [-0.25, -0.2) is 0 Å². The van der Waals surface area contributed by atoms with Crippen LogP contribution in [0, 0.1) is 11.8 Å². The van der Waals surface area contributed by atoms with Crippen molar-refractivity contribution in [3.8, 4) is 0 Å². The SMILES string of the molecule is COC(OC)C(C)NC(=O)C(CN)CC(C)C. The van der Waals surface area contributed by atoms with Gasteiger partial charge in [-0.05, 0) is 19.3 Å². The van der Waals surface area contributed by atoms with E-state index in [4.69, 9.17) is 15.2 Å². The molecule has 0 saturated carbocycles. The van der Waals surface area contributed by atoms with Crippen LogP contribution in [-0.4, -0.2) is 39.0 Å². The molecule has 0 aliphatic heterocycles. The van der Waals surface area contributed by atoms with Crippen LogP contribution in [0.1, 0.15) is 27.2 Å². The van der Waals surface area contributed by atoms with Crippen LogP contribution in [0.25, 0.3) is 0 Å². The molecule has 0 bridgehead atoms. The van der Waals surface area contributed by atoms with Gasteiger partial charge in [0.25, 0.3) is 0 Å². The van der Waals surface area contributed by atoms with Gasteiger partial charge in [0.05, 0.1) is 12.0 Å². The van der Waals surface area contributed by atoms with Crippen molar-refractivity contribution in [1.29, 1.82) is 0 Å². The molecule has 0 aromatic rings. The molecule has 0 radical (unpaired) electrons. The number of methoxy groups -OCH3 is 2. The zero-order valence-corrected chi connectivity index (χ0v) is 11.5. The smallest absolute Gasteiger partial charge is 0.224 e. The average molecular weight is 246 g/mol. The molecule has 5 nitrogen and oxygen atoms in total. The first-order chi connectivity index (χ1) is 7.96. The molecule has 0 rings (SSSR count). The summed E-state index contributed by atoms with van der Waals surface area (Å²) in [4.78, 5) is 12.0. The molecule has 5 heteroatoms. The van der Waals surface area contributed by atoms with E-state index in [-0.39, 0.29) is 17.9 Å². The van der Waals surface area contributed by atoms with Crippen LogP contribution in [0.3, 0.4) is 0 Å². The third-order valence-corrected chi connectivity index (χ3v) is 2.65. The minimum absolute atomic E-state index is 0.0344. The van der Waals surface area contributed by atoms with Gasteiger partial charge >= 0.3 is 0 Å². The molecule has 0 aromatic heterocycles. The summed E-state index contributed by atoms with van der Waals surface area (Å²) in [6.45, 7) is 6.36. The van der Waals surface area contributed by atoms with Gasteiger partial charge in [0, 0.05) is 20.8 Å². The first kappa shape index (κ1) is 16.4. The molecule has 2 atom stereocenters. The van der Waals surface area contributed by atoms with Crippen molar-refractivity contribution in [3.05, 3.63) is 0 Å². The van der Waals surface area contributed by atoms with E-state index in [0.29, 0.717) is 12.5 Å². The van der Waals surface area contributed by atoms with Gasteiger partial charge in [-0.15, -0.1) is 0 Å². The Balaban J connectivity index is 4.29. The van der Waals surface area contributed by atoms with Gasteiger partial charge < -0.3 is 20.5 Å². The van der Waals surface area contributed by atoms with E-state index in [2.05, 4.69) is 19.2 Å². The summed E-state index contributed by atoms with van der Waals surface area (Å²) in [6, 6.07) is -0.196. The van der Waals surface area contributed by atoms with E-state index in [1.807, 2.05) is 6.92 Å².